The number of urea groups is 1. The van der Waals surface area contributed by atoms with E-state index in [4.69, 9.17) is 0 Å². The Kier molecular flexibility index (Phi) is 3.71. The van der Waals surface area contributed by atoms with E-state index >= 15 is 0 Å². The first kappa shape index (κ1) is 16.1. The maximum Gasteiger partial charge on any atom is 0.331 e. The molecule has 1 N–H and O–H groups in total. The van der Waals surface area contributed by atoms with E-state index in [9.17, 15) is 9.59 Å². The zero-order valence-corrected chi connectivity index (χ0v) is 15.3. The number of nitrogens with zero attached hydrogens (tertiary/aromatic N) is 2. The molecule has 0 bridgehead atoms. The molecule has 0 unspecified atom stereocenters. The minimum absolute atomic E-state index is 0.0836. The lowest BCUT2D eigenvalue weighted by molar-refractivity contribution is -0.122. The first-order valence-electron chi connectivity index (χ1n) is 9.06. The molecule has 5 nitrogen and oxygen atoms in total. The number of imide groups is 1. The third kappa shape index (κ3) is 2.55. The molecule has 1 aromatic heterocycles. The van der Waals surface area contributed by atoms with Gasteiger partial charge < -0.3 is 5.32 Å². The maximum atomic E-state index is 13.1. The number of hydrogen-bond donors (Lipinski definition) is 1. The second kappa shape index (κ2) is 5.55. The Morgan fingerprint density at radius 2 is 1.79 bits per heavy atom. The van der Waals surface area contributed by atoms with Gasteiger partial charge in [0.25, 0.3) is 5.91 Å². The first-order valence-corrected chi connectivity index (χ1v) is 9.87. The number of amides is 3. The van der Waals surface area contributed by atoms with Gasteiger partial charge in [-0.15, -0.1) is 11.3 Å². The van der Waals surface area contributed by atoms with Gasteiger partial charge in [0.1, 0.15) is 5.54 Å². The van der Waals surface area contributed by atoms with Gasteiger partial charge in [-0.05, 0) is 37.5 Å². The van der Waals surface area contributed by atoms with Crippen LogP contribution >= 0.6 is 11.3 Å². The Morgan fingerprint density at radius 3 is 2.50 bits per heavy atom. The number of carbonyl (C=O) groups excluding carboxylic acids is 2. The summed E-state index contributed by atoms with van der Waals surface area (Å²) >= 11 is 1.53. The normalized spacial score (nSPS) is 25.5. The number of carbonyl (C=O) groups is 2. The van der Waals surface area contributed by atoms with E-state index in [1.807, 2.05) is 0 Å². The summed E-state index contributed by atoms with van der Waals surface area (Å²) in [4.78, 5) is 32.9. The van der Waals surface area contributed by atoms with Crippen LogP contribution in [-0.2, 0) is 17.6 Å². The highest BCUT2D eigenvalue weighted by Gasteiger charge is 2.52. The van der Waals surface area contributed by atoms with E-state index in [2.05, 4.69) is 24.1 Å². The summed E-state index contributed by atoms with van der Waals surface area (Å²) < 4.78 is 0. The molecule has 1 saturated carbocycles. The van der Waals surface area contributed by atoms with Gasteiger partial charge in [0.2, 0.25) is 5.13 Å². The van der Waals surface area contributed by atoms with Crippen molar-refractivity contribution in [2.75, 3.05) is 4.90 Å². The summed E-state index contributed by atoms with van der Waals surface area (Å²) in [6, 6.07) is -0.285. The highest BCUT2D eigenvalue weighted by atomic mass is 32.1. The topological polar surface area (TPSA) is 62.3 Å². The number of nitrogens with one attached hydrogen (secondary N) is 1. The van der Waals surface area contributed by atoms with Gasteiger partial charge in [0, 0.05) is 4.88 Å². The third-order valence-corrected chi connectivity index (χ3v) is 6.84. The molecule has 2 fully saturated rings. The Bertz CT molecular complexity index is 686. The van der Waals surface area contributed by atoms with Crippen molar-refractivity contribution in [2.24, 2.45) is 5.41 Å². The first-order chi connectivity index (χ1) is 11.4. The van der Waals surface area contributed by atoms with Crippen molar-refractivity contribution in [3.63, 3.8) is 0 Å². The van der Waals surface area contributed by atoms with Crippen LogP contribution < -0.4 is 10.2 Å². The van der Waals surface area contributed by atoms with Gasteiger partial charge in [0.05, 0.1) is 5.69 Å². The van der Waals surface area contributed by atoms with E-state index in [1.54, 1.807) is 0 Å². The molecule has 1 spiro atoms. The number of thiazole rings is 1. The summed E-state index contributed by atoms with van der Waals surface area (Å²) in [6.45, 7) is 4.53. The number of rotatable bonds is 1. The zero-order chi connectivity index (χ0) is 16.9. The molecule has 1 aliphatic heterocycles. The largest absolute Gasteiger partial charge is 0.331 e. The fourth-order valence-corrected chi connectivity index (χ4v) is 5.61. The van der Waals surface area contributed by atoms with Crippen molar-refractivity contribution in [2.45, 2.75) is 77.2 Å². The molecule has 24 heavy (non-hydrogen) atoms. The van der Waals surface area contributed by atoms with Crippen LogP contribution in [0.25, 0.3) is 0 Å². The molecule has 0 radical (unpaired) electrons. The molecule has 3 aliphatic rings. The van der Waals surface area contributed by atoms with Crippen LogP contribution in [0.15, 0.2) is 0 Å². The third-order valence-electron chi connectivity index (χ3n) is 5.75. The number of aromatic nitrogens is 1. The van der Waals surface area contributed by atoms with Gasteiger partial charge in [-0.25, -0.2) is 14.7 Å². The molecular weight excluding hydrogens is 322 g/mol. The lowest BCUT2D eigenvalue weighted by atomic mass is 9.79. The number of fused-ring (bicyclic) bond motifs is 1. The van der Waals surface area contributed by atoms with Crippen LogP contribution in [0, 0.1) is 5.41 Å². The lowest BCUT2D eigenvalue weighted by Crippen LogP contribution is -2.46. The molecule has 1 saturated heterocycles. The molecule has 2 heterocycles. The molecule has 1 aromatic rings. The molecule has 0 atom stereocenters. The van der Waals surface area contributed by atoms with Crippen molar-refractivity contribution >= 4 is 28.4 Å². The average Bonchev–Trinajstić information content (AvgIpc) is 2.88. The predicted octanol–water partition coefficient (Wildman–Crippen LogP) is 3.81. The molecule has 6 heteroatoms. The van der Waals surface area contributed by atoms with Crippen LogP contribution in [-0.4, -0.2) is 22.5 Å². The molecule has 0 aromatic carbocycles. The Hall–Kier alpha value is -1.43. The van der Waals surface area contributed by atoms with E-state index in [0.29, 0.717) is 5.13 Å². The van der Waals surface area contributed by atoms with E-state index in [1.165, 1.54) is 21.1 Å². The zero-order valence-electron chi connectivity index (χ0n) is 14.5. The lowest BCUT2D eigenvalue weighted by Gasteiger charge is -2.28. The van der Waals surface area contributed by atoms with Crippen molar-refractivity contribution in [3.05, 3.63) is 10.6 Å². The van der Waals surface area contributed by atoms with Gasteiger partial charge in [-0.2, -0.15) is 0 Å². The monoisotopic (exact) mass is 347 g/mol. The molecule has 2 aliphatic carbocycles. The smallest absolute Gasteiger partial charge is 0.323 e. The minimum Gasteiger partial charge on any atom is -0.323 e. The van der Waals surface area contributed by atoms with E-state index < -0.39 is 5.54 Å². The number of aryl methyl sites for hydroxylation is 1. The second-order valence-electron chi connectivity index (χ2n) is 8.27. The van der Waals surface area contributed by atoms with Gasteiger partial charge in [-0.1, -0.05) is 39.5 Å². The van der Waals surface area contributed by atoms with Crippen LogP contribution in [0.4, 0.5) is 9.93 Å². The van der Waals surface area contributed by atoms with Crippen LogP contribution in [0.3, 0.4) is 0 Å². The fraction of sp³-hybridized carbons (Fsp3) is 0.722. The van der Waals surface area contributed by atoms with Gasteiger partial charge >= 0.3 is 6.03 Å². The van der Waals surface area contributed by atoms with Crippen molar-refractivity contribution in [1.82, 2.24) is 10.3 Å². The van der Waals surface area contributed by atoms with Crippen molar-refractivity contribution in [1.29, 1.82) is 0 Å². The standard InChI is InChI=1S/C18H25N3O2S/c1-17(2)10-7-12-13(11-17)24-16(19-12)21-14(22)18(20-15(21)23)8-5-3-4-6-9-18/h3-11H2,1-2H3,(H,20,23). The van der Waals surface area contributed by atoms with E-state index in [0.717, 1.165) is 63.5 Å². The summed E-state index contributed by atoms with van der Waals surface area (Å²) in [7, 11) is 0. The highest BCUT2D eigenvalue weighted by molar-refractivity contribution is 7.16. The highest BCUT2D eigenvalue weighted by Crippen LogP contribution is 2.42. The van der Waals surface area contributed by atoms with Gasteiger partial charge in [0.15, 0.2) is 0 Å². The van der Waals surface area contributed by atoms with Crippen LogP contribution in [0.5, 0.6) is 0 Å². The SMILES string of the molecule is CC1(C)CCc2nc(N3C(=O)NC4(CCCCCC4)C3=O)sc2C1. The fourth-order valence-electron chi connectivity index (χ4n) is 4.24. The predicted molar refractivity (Wildman–Crippen MR) is 94.4 cm³/mol. The van der Waals surface area contributed by atoms with Crippen molar-refractivity contribution in [3.8, 4) is 0 Å². The molecular formula is C18H25N3O2S. The number of anilines is 1. The summed E-state index contributed by atoms with van der Waals surface area (Å²) in [5, 5.41) is 3.58. The molecule has 130 valence electrons. The second-order valence-corrected chi connectivity index (χ2v) is 9.34. The average molecular weight is 347 g/mol. The van der Waals surface area contributed by atoms with Crippen LogP contribution in [0.2, 0.25) is 0 Å². The summed E-state index contributed by atoms with van der Waals surface area (Å²) in [5.41, 5.74) is 0.673. The van der Waals surface area contributed by atoms with Crippen molar-refractivity contribution < 1.29 is 9.59 Å². The minimum atomic E-state index is -0.682. The Morgan fingerprint density at radius 1 is 1.08 bits per heavy atom. The van der Waals surface area contributed by atoms with Gasteiger partial charge in [-0.3, -0.25) is 4.79 Å². The number of hydrogen-bond acceptors (Lipinski definition) is 4. The molecule has 4 rings (SSSR count). The summed E-state index contributed by atoms with van der Waals surface area (Å²) in [6.07, 6.45) is 8.83. The van der Waals surface area contributed by atoms with Crippen LogP contribution in [0.1, 0.15) is 69.4 Å². The maximum absolute atomic E-state index is 13.1. The molecule has 3 amide bonds. The summed E-state index contributed by atoms with van der Waals surface area (Å²) in [5.74, 6) is -0.0836. The van der Waals surface area contributed by atoms with E-state index in [-0.39, 0.29) is 17.4 Å². The quantitative estimate of drug-likeness (QED) is 0.786. The Labute approximate surface area is 146 Å². The Balaban J connectivity index is 1.64.